The van der Waals surface area contributed by atoms with Gasteiger partial charge in [-0.25, -0.2) is 0 Å². The topological polar surface area (TPSA) is 56.8 Å². The molecule has 2 aromatic rings. The van der Waals surface area contributed by atoms with Crippen molar-refractivity contribution in [2.75, 3.05) is 20.3 Å². The molecular weight excluding hydrogens is 385 g/mol. The van der Waals surface area contributed by atoms with Crippen molar-refractivity contribution >= 4 is 7.60 Å². The molecule has 0 saturated carbocycles. The van der Waals surface area contributed by atoms with E-state index in [1.807, 2.05) is 54.6 Å². The highest BCUT2D eigenvalue weighted by Gasteiger charge is 2.37. The van der Waals surface area contributed by atoms with Crippen LogP contribution in [0.4, 0.5) is 0 Å². The standard InChI is InChI=1S/C23H34NO4P/c1-4-6-17-27-29(25,28-18-7-5-2)23(21-13-15-22(26-3)16-14-21)24-19-20-11-9-8-10-12-20/h8-16,23-24H,4-7,17-19H2,1-3H3/t23-/m1/s1. The van der Waals surface area contributed by atoms with E-state index in [0.29, 0.717) is 19.8 Å². The van der Waals surface area contributed by atoms with E-state index in [9.17, 15) is 4.57 Å². The second-order valence-electron chi connectivity index (χ2n) is 6.96. The van der Waals surface area contributed by atoms with Gasteiger partial charge in [0.15, 0.2) is 0 Å². The average molecular weight is 420 g/mol. The zero-order valence-corrected chi connectivity index (χ0v) is 18.7. The van der Waals surface area contributed by atoms with Gasteiger partial charge in [0.05, 0.1) is 20.3 Å². The predicted molar refractivity (Wildman–Crippen MR) is 118 cm³/mol. The third-order valence-corrected chi connectivity index (χ3v) is 6.83. The minimum absolute atomic E-state index is 0.416. The molecule has 1 atom stereocenters. The summed E-state index contributed by atoms with van der Waals surface area (Å²) in [7, 11) is -1.79. The van der Waals surface area contributed by atoms with Gasteiger partial charge in [0.25, 0.3) is 0 Å². The molecular formula is C23H34NO4P. The Labute approximate surface area is 175 Å². The van der Waals surface area contributed by atoms with Gasteiger partial charge in [-0.15, -0.1) is 0 Å². The van der Waals surface area contributed by atoms with Crippen LogP contribution in [-0.2, 0) is 20.2 Å². The summed E-state index contributed by atoms with van der Waals surface area (Å²) in [4.78, 5) is 0. The summed E-state index contributed by atoms with van der Waals surface area (Å²) >= 11 is 0. The third kappa shape index (κ3) is 7.60. The molecule has 0 aliphatic carbocycles. The number of methoxy groups -OCH3 is 1. The van der Waals surface area contributed by atoms with Crippen LogP contribution < -0.4 is 10.1 Å². The highest BCUT2D eigenvalue weighted by Crippen LogP contribution is 2.60. The molecule has 0 unspecified atom stereocenters. The van der Waals surface area contributed by atoms with Crippen molar-refractivity contribution in [3.63, 3.8) is 0 Å². The smallest absolute Gasteiger partial charge is 0.351 e. The fraction of sp³-hybridized carbons (Fsp3) is 0.478. The van der Waals surface area contributed by atoms with Gasteiger partial charge in [-0.2, -0.15) is 0 Å². The lowest BCUT2D eigenvalue weighted by Gasteiger charge is -2.28. The van der Waals surface area contributed by atoms with Crippen LogP contribution in [0.5, 0.6) is 5.75 Å². The van der Waals surface area contributed by atoms with E-state index in [4.69, 9.17) is 13.8 Å². The maximum absolute atomic E-state index is 13.9. The molecule has 0 bridgehead atoms. The van der Waals surface area contributed by atoms with Crippen molar-refractivity contribution < 1.29 is 18.3 Å². The van der Waals surface area contributed by atoms with Crippen molar-refractivity contribution in [3.8, 4) is 5.75 Å². The summed E-state index contributed by atoms with van der Waals surface area (Å²) in [6, 6.07) is 17.6. The summed E-state index contributed by atoms with van der Waals surface area (Å²) in [6.45, 7) is 5.57. The molecule has 160 valence electrons. The van der Waals surface area contributed by atoms with Crippen LogP contribution in [0.15, 0.2) is 54.6 Å². The van der Waals surface area contributed by atoms with E-state index in [2.05, 4.69) is 19.2 Å². The Kier molecular flexibility index (Phi) is 10.4. The molecule has 0 amide bonds. The number of rotatable bonds is 14. The number of hydrogen-bond donors (Lipinski definition) is 1. The summed E-state index contributed by atoms with van der Waals surface area (Å²) in [5.74, 6) is 0.200. The Morgan fingerprint density at radius 3 is 2.00 bits per heavy atom. The first-order valence-corrected chi connectivity index (χ1v) is 12.0. The molecule has 0 aromatic heterocycles. The Morgan fingerprint density at radius 1 is 0.897 bits per heavy atom. The average Bonchev–Trinajstić information content (AvgIpc) is 2.75. The van der Waals surface area contributed by atoms with Crippen LogP contribution in [0.1, 0.15) is 56.4 Å². The lowest BCUT2D eigenvalue weighted by molar-refractivity contribution is 0.188. The number of benzene rings is 2. The monoisotopic (exact) mass is 419 g/mol. The third-order valence-electron chi connectivity index (χ3n) is 4.63. The highest BCUT2D eigenvalue weighted by molar-refractivity contribution is 7.54. The SMILES string of the molecule is CCCCOP(=O)(OCCCC)[C@@H](NCc1ccccc1)c1ccc(OC)cc1. The van der Waals surface area contributed by atoms with E-state index in [1.165, 1.54) is 0 Å². The summed E-state index contributed by atoms with van der Waals surface area (Å²) < 4.78 is 31.0. The Hall–Kier alpha value is -1.65. The van der Waals surface area contributed by atoms with Gasteiger partial charge in [0, 0.05) is 6.54 Å². The molecule has 0 saturated heterocycles. The number of nitrogens with one attached hydrogen (secondary N) is 1. The van der Waals surface area contributed by atoms with Gasteiger partial charge in [-0.05, 0) is 36.1 Å². The molecule has 0 aliphatic heterocycles. The number of unbranched alkanes of at least 4 members (excludes halogenated alkanes) is 2. The van der Waals surface area contributed by atoms with Crippen LogP contribution in [0, 0.1) is 0 Å². The summed E-state index contributed by atoms with van der Waals surface area (Å²) in [6.07, 6.45) is 3.63. The molecule has 29 heavy (non-hydrogen) atoms. The molecule has 0 heterocycles. The first kappa shape index (κ1) is 23.6. The normalized spacial score (nSPS) is 12.7. The first-order valence-electron chi connectivity index (χ1n) is 10.4. The fourth-order valence-electron chi connectivity index (χ4n) is 2.87. The van der Waals surface area contributed by atoms with Crippen LogP contribution in [0.25, 0.3) is 0 Å². The minimum atomic E-state index is -3.42. The second kappa shape index (κ2) is 12.8. The van der Waals surface area contributed by atoms with Crippen LogP contribution in [-0.4, -0.2) is 20.3 Å². The molecule has 2 rings (SSSR count). The maximum Gasteiger partial charge on any atom is 0.351 e. The molecule has 1 N–H and O–H groups in total. The lowest BCUT2D eigenvalue weighted by Crippen LogP contribution is -2.23. The summed E-state index contributed by atoms with van der Waals surface area (Å²) in [5.41, 5.74) is 1.97. The van der Waals surface area contributed by atoms with Gasteiger partial charge in [-0.3, -0.25) is 9.88 Å². The van der Waals surface area contributed by atoms with E-state index in [1.54, 1.807) is 7.11 Å². The Morgan fingerprint density at radius 2 is 1.48 bits per heavy atom. The van der Waals surface area contributed by atoms with Gasteiger partial charge in [-0.1, -0.05) is 69.2 Å². The Bertz CT molecular complexity index is 722. The molecule has 0 spiro atoms. The van der Waals surface area contributed by atoms with Crippen molar-refractivity contribution in [2.24, 2.45) is 0 Å². The lowest BCUT2D eigenvalue weighted by atomic mass is 10.2. The number of hydrogen-bond acceptors (Lipinski definition) is 5. The number of ether oxygens (including phenoxy) is 1. The first-order chi connectivity index (χ1) is 14.1. The molecule has 5 nitrogen and oxygen atoms in total. The van der Waals surface area contributed by atoms with Gasteiger partial charge in [0.1, 0.15) is 11.5 Å². The molecule has 0 fully saturated rings. The molecule has 2 aromatic carbocycles. The van der Waals surface area contributed by atoms with Crippen LogP contribution in [0.2, 0.25) is 0 Å². The largest absolute Gasteiger partial charge is 0.497 e. The minimum Gasteiger partial charge on any atom is -0.497 e. The predicted octanol–water partition coefficient (Wildman–Crippen LogP) is 6.31. The van der Waals surface area contributed by atoms with E-state index in [-0.39, 0.29) is 0 Å². The van der Waals surface area contributed by atoms with E-state index in [0.717, 1.165) is 42.6 Å². The fourth-order valence-corrected chi connectivity index (χ4v) is 4.86. The van der Waals surface area contributed by atoms with E-state index < -0.39 is 13.4 Å². The van der Waals surface area contributed by atoms with Crippen molar-refractivity contribution in [1.82, 2.24) is 5.32 Å². The van der Waals surface area contributed by atoms with Crippen LogP contribution >= 0.6 is 7.60 Å². The quantitative estimate of drug-likeness (QED) is 0.287. The van der Waals surface area contributed by atoms with Crippen molar-refractivity contribution in [1.29, 1.82) is 0 Å². The molecule has 0 radical (unpaired) electrons. The van der Waals surface area contributed by atoms with Gasteiger partial charge >= 0.3 is 7.60 Å². The van der Waals surface area contributed by atoms with Gasteiger partial charge < -0.3 is 13.8 Å². The van der Waals surface area contributed by atoms with Crippen molar-refractivity contribution in [3.05, 3.63) is 65.7 Å². The zero-order chi connectivity index (χ0) is 21.0. The highest BCUT2D eigenvalue weighted by atomic mass is 31.2. The molecule has 0 aliphatic rings. The maximum atomic E-state index is 13.9. The summed E-state index contributed by atoms with van der Waals surface area (Å²) in [5, 5.41) is 3.43. The van der Waals surface area contributed by atoms with Crippen LogP contribution in [0.3, 0.4) is 0 Å². The van der Waals surface area contributed by atoms with Gasteiger partial charge in [0.2, 0.25) is 0 Å². The molecule has 6 heteroatoms. The van der Waals surface area contributed by atoms with E-state index >= 15 is 0 Å². The Balaban J connectivity index is 2.29. The zero-order valence-electron chi connectivity index (χ0n) is 17.8. The second-order valence-corrected chi connectivity index (χ2v) is 9.07. The van der Waals surface area contributed by atoms with Crippen molar-refractivity contribution in [2.45, 2.75) is 51.9 Å².